The highest BCUT2D eigenvalue weighted by Gasteiger charge is 2.31. The van der Waals surface area contributed by atoms with Gasteiger partial charge in [0, 0.05) is 0 Å². The smallest absolute Gasteiger partial charge is 0.320 e. The summed E-state index contributed by atoms with van der Waals surface area (Å²) in [5, 5.41) is 12.3. The number of amides is 1. The number of hydrogen-bond acceptors (Lipinski definition) is 3. The number of hydrogen-bond donors (Lipinski definition) is 2. The Balaban J connectivity index is 1.97. The SMILES string of the molecule is Cc1ccc(NC(=O)CN2CCCC2C(=O)O)c(Cl)c1. The molecule has 1 atom stereocenters. The molecule has 0 bridgehead atoms. The maximum atomic E-state index is 12.0. The van der Waals surface area contributed by atoms with E-state index in [1.54, 1.807) is 17.0 Å². The van der Waals surface area contributed by atoms with E-state index in [1.807, 2.05) is 13.0 Å². The third kappa shape index (κ3) is 3.49. The fourth-order valence-electron chi connectivity index (χ4n) is 2.39. The molecular weight excluding hydrogens is 280 g/mol. The standard InChI is InChI=1S/C14H17ClN2O3/c1-9-4-5-11(10(15)7-9)16-13(18)8-17-6-2-3-12(17)14(19)20/h4-5,7,12H,2-3,6,8H2,1H3,(H,16,18)(H,19,20). The minimum absolute atomic E-state index is 0.0706. The van der Waals surface area contributed by atoms with E-state index in [2.05, 4.69) is 5.32 Å². The Morgan fingerprint density at radius 1 is 1.50 bits per heavy atom. The molecule has 0 saturated carbocycles. The predicted octanol–water partition coefficient (Wildman–Crippen LogP) is 2.14. The normalized spacial score (nSPS) is 19.0. The van der Waals surface area contributed by atoms with Crippen LogP contribution in [0.15, 0.2) is 18.2 Å². The fraction of sp³-hybridized carbons (Fsp3) is 0.429. The number of carboxylic acid groups (broad SMARTS) is 1. The van der Waals surface area contributed by atoms with E-state index in [4.69, 9.17) is 16.7 Å². The average molecular weight is 297 g/mol. The number of carbonyl (C=O) groups is 2. The number of aryl methyl sites for hydroxylation is 1. The highest BCUT2D eigenvalue weighted by Crippen LogP contribution is 2.23. The second-order valence-corrected chi connectivity index (χ2v) is 5.41. The summed E-state index contributed by atoms with van der Waals surface area (Å²) in [7, 11) is 0. The van der Waals surface area contributed by atoms with Gasteiger partial charge >= 0.3 is 5.97 Å². The summed E-state index contributed by atoms with van der Waals surface area (Å²) in [6, 6.07) is 4.81. The minimum atomic E-state index is -0.872. The Bertz CT molecular complexity index is 533. The number of anilines is 1. The first kappa shape index (κ1) is 14.8. The van der Waals surface area contributed by atoms with E-state index in [0.29, 0.717) is 23.7 Å². The number of rotatable bonds is 4. The van der Waals surface area contributed by atoms with Crippen molar-refractivity contribution in [2.24, 2.45) is 0 Å². The Labute approximate surface area is 122 Å². The van der Waals surface area contributed by atoms with E-state index >= 15 is 0 Å². The van der Waals surface area contributed by atoms with Gasteiger partial charge in [0.15, 0.2) is 0 Å². The Morgan fingerprint density at radius 2 is 2.25 bits per heavy atom. The topological polar surface area (TPSA) is 69.6 Å². The predicted molar refractivity (Wildman–Crippen MR) is 77.0 cm³/mol. The molecule has 1 heterocycles. The average Bonchev–Trinajstić information content (AvgIpc) is 2.81. The molecule has 1 aromatic rings. The molecule has 1 unspecified atom stereocenters. The summed E-state index contributed by atoms with van der Waals surface area (Å²) in [5.74, 6) is -1.12. The van der Waals surface area contributed by atoms with Gasteiger partial charge in [0.2, 0.25) is 5.91 Å². The summed E-state index contributed by atoms with van der Waals surface area (Å²) >= 11 is 6.05. The van der Waals surface area contributed by atoms with Crippen molar-refractivity contribution in [3.05, 3.63) is 28.8 Å². The van der Waals surface area contributed by atoms with Gasteiger partial charge in [-0.15, -0.1) is 0 Å². The number of benzene rings is 1. The Kier molecular flexibility index (Phi) is 4.62. The second kappa shape index (κ2) is 6.24. The summed E-state index contributed by atoms with van der Waals surface area (Å²) < 4.78 is 0. The molecule has 0 aliphatic carbocycles. The van der Waals surface area contributed by atoms with Gasteiger partial charge in [-0.1, -0.05) is 17.7 Å². The van der Waals surface area contributed by atoms with E-state index < -0.39 is 12.0 Å². The highest BCUT2D eigenvalue weighted by atomic mass is 35.5. The van der Waals surface area contributed by atoms with Crippen molar-refractivity contribution in [3.8, 4) is 0 Å². The van der Waals surface area contributed by atoms with Gasteiger partial charge in [-0.25, -0.2) is 0 Å². The highest BCUT2D eigenvalue weighted by molar-refractivity contribution is 6.33. The molecule has 1 aliphatic rings. The molecule has 0 radical (unpaired) electrons. The number of nitrogens with one attached hydrogen (secondary N) is 1. The van der Waals surface area contributed by atoms with Gasteiger partial charge in [0.05, 0.1) is 17.3 Å². The zero-order valence-electron chi connectivity index (χ0n) is 11.2. The molecule has 0 spiro atoms. The van der Waals surface area contributed by atoms with Crippen molar-refractivity contribution >= 4 is 29.2 Å². The van der Waals surface area contributed by atoms with E-state index in [1.165, 1.54) is 0 Å². The summed E-state index contributed by atoms with van der Waals surface area (Å²) in [6.45, 7) is 2.62. The molecule has 1 amide bonds. The van der Waals surface area contributed by atoms with E-state index in [9.17, 15) is 9.59 Å². The zero-order chi connectivity index (χ0) is 14.7. The van der Waals surface area contributed by atoms with Crippen LogP contribution in [0.2, 0.25) is 5.02 Å². The first-order valence-electron chi connectivity index (χ1n) is 6.50. The maximum Gasteiger partial charge on any atom is 0.320 e. The van der Waals surface area contributed by atoms with Crippen molar-refractivity contribution in [1.82, 2.24) is 4.90 Å². The van der Waals surface area contributed by atoms with Crippen molar-refractivity contribution in [2.45, 2.75) is 25.8 Å². The third-order valence-corrected chi connectivity index (χ3v) is 3.71. The Hall–Kier alpha value is -1.59. The molecule has 1 aliphatic heterocycles. The first-order valence-corrected chi connectivity index (χ1v) is 6.88. The molecule has 1 saturated heterocycles. The second-order valence-electron chi connectivity index (χ2n) is 5.00. The molecule has 1 fully saturated rings. The van der Waals surface area contributed by atoms with E-state index in [0.717, 1.165) is 12.0 Å². The number of likely N-dealkylation sites (tertiary alicyclic amines) is 1. The first-order chi connectivity index (χ1) is 9.47. The number of halogens is 1. The van der Waals surface area contributed by atoms with Crippen molar-refractivity contribution in [2.75, 3.05) is 18.4 Å². The molecule has 6 heteroatoms. The molecule has 0 aromatic heterocycles. The monoisotopic (exact) mass is 296 g/mol. The minimum Gasteiger partial charge on any atom is -0.480 e. The van der Waals surface area contributed by atoms with Gasteiger partial charge in [0.1, 0.15) is 6.04 Å². The molecule has 20 heavy (non-hydrogen) atoms. The molecule has 108 valence electrons. The number of aliphatic carboxylic acids is 1. The molecule has 2 N–H and O–H groups in total. The van der Waals surface area contributed by atoms with Crippen LogP contribution >= 0.6 is 11.6 Å². The quantitative estimate of drug-likeness (QED) is 0.893. The lowest BCUT2D eigenvalue weighted by Crippen LogP contribution is -2.40. The van der Waals surface area contributed by atoms with Crippen LogP contribution in [-0.4, -0.2) is 41.0 Å². The summed E-state index contributed by atoms with van der Waals surface area (Å²) in [5.41, 5.74) is 1.56. The van der Waals surface area contributed by atoms with Gasteiger partial charge in [-0.3, -0.25) is 14.5 Å². The van der Waals surface area contributed by atoms with Gasteiger partial charge < -0.3 is 10.4 Å². The van der Waals surface area contributed by atoms with Crippen molar-refractivity contribution in [1.29, 1.82) is 0 Å². The lowest BCUT2D eigenvalue weighted by atomic mass is 10.2. The van der Waals surface area contributed by atoms with Gasteiger partial charge in [-0.2, -0.15) is 0 Å². The van der Waals surface area contributed by atoms with Gasteiger partial charge in [0.25, 0.3) is 0 Å². The van der Waals surface area contributed by atoms with Crippen LogP contribution in [0.5, 0.6) is 0 Å². The van der Waals surface area contributed by atoms with Crippen LogP contribution in [0.25, 0.3) is 0 Å². The van der Waals surface area contributed by atoms with Crippen molar-refractivity contribution < 1.29 is 14.7 Å². The van der Waals surface area contributed by atoms with Crippen LogP contribution in [0.4, 0.5) is 5.69 Å². The van der Waals surface area contributed by atoms with Crippen LogP contribution in [0, 0.1) is 6.92 Å². The summed E-state index contributed by atoms with van der Waals surface area (Å²) in [6.07, 6.45) is 1.39. The Morgan fingerprint density at radius 3 is 2.90 bits per heavy atom. The lowest BCUT2D eigenvalue weighted by molar-refractivity contribution is -0.142. The van der Waals surface area contributed by atoms with Crippen LogP contribution in [0.1, 0.15) is 18.4 Å². The largest absolute Gasteiger partial charge is 0.480 e. The molecule has 1 aromatic carbocycles. The van der Waals surface area contributed by atoms with Crippen LogP contribution < -0.4 is 5.32 Å². The number of carboxylic acids is 1. The molecule has 5 nitrogen and oxygen atoms in total. The number of nitrogens with zero attached hydrogens (tertiary/aromatic N) is 1. The fourth-order valence-corrected chi connectivity index (χ4v) is 2.67. The number of carbonyl (C=O) groups excluding carboxylic acids is 1. The zero-order valence-corrected chi connectivity index (χ0v) is 12.0. The lowest BCUT2D eigenvalue weighted by Gasteiger charge is -2.20. The molecular formula is C14H17ClN2O3. The third-order valence-electron chi connectivity index (χ3n) is 3.39. The summed E-state index contributed by atoms with van der Waals surface area (Å²) in [4.78, 5) is 24.7. The van der Waals surface area contributed by atoms with E-state index in [-0.39, 0.29) is 12.5 Å². The van der Waals surface area contributed by atoms with Gasteiger partial charge in [-0.05, 0) is 44.0 Å². The van der Waals surface area contributed by atoms with Crippen molar-refractivity contribution in [3.63, 3.8) is 0 Å². The van der Waals surface area contributed by atoms with Crippen LogP contribution in [0.3, 0.4) is 0 Å². The molecule has 2 rings (SSSR count). The maximum absolute atomic E-state index is 12.0. The van der Waals surface area contributed by atoms with Crippen LogP contribution in [-0.2, 0) is 9.59 Å².